The third-order valence-electron chi connectivity index (χ3n) is 4.20. The number of anilines is 1. The fraction of sp³-hybridized carbons (Fsp3) is 0.300. The zero-order chi connectivity index (χ0) is 20.1. The lowest BCUT2D eigenvalue weighted by molar-refractivity contribution is -0.137. The Morgan fingerprint density at radius 2 is 1.64 bits per heavy atom. The molecule has 1 aliphatic carbocycles. The van der Waals surface area contributed by atoms with Crippen molar-refractivity contribution in [1.82, 2.24) is 5.32 Å². The number of hydrogen-bond acceptors (Lipinski definition) is 3. The van der Waals surface area contributed by atoms with Gasteiger partial charge in [-0.2, -0.15) is 13.2 Å². The molecule has 8 heteroatoms. The van der Waals surface area contributed by atoms with Crippen molar-refractivity contribution >= 4 is 17.5 Å². The van der Waals surface area contributed by atoms with E-state index in [0.717, 1.165) is 25.0 Å². The van der Waals surface area contributed by atoms with Gasteiger partial charge in [-0.1, -0.05) is 0 Å². The third-order valence-corrected chi connectivity index (χ3v) is 4.20. The van der Waals surface area contributed by atoms with E-state index in [0.29, 0.717) is 11.3 Å². The molecule has 0 unspecified atom stereocenters. The minimum Gasteiger partial charge on any atom is -0.492 e. The number of ether oxygens (including phenoxy) is 1. The Labute approximate surface area is 159 Å². The van der Waals surface area contributed by atoms with Gasteiger partial charge in [-0.25, -0.2) is 0 Å². The van der Waals surface area contributed by atoms with E-state index in [2.05, 4.69) is 10.6 Å². The van der Waals surface area contributed by atoms with Crippen molar-refractivity contribution in [2.24, 2.45) is 5.92 Å². The molecule has 0 aliphatic heterocycles. The predicted octanol–water partition coefficient (Wildman–Crippen LogP) is 3.86. The van der Waals surface area contributed by atoms with E-state index in [1.807, 2.05) is 0 Å². The molecular weight excluding hydrogens is 373 g/mol. The van der Waals surface area contributed by atoms with Crippen LogP contribution < -0.4 is 15.4 Å². The summed E-state index contributed by atoms with van der Waals surface area (Å²) in [4.78, 5) is 23.8. The van der Waals surface area contributed by atoms with Crippen molar-refractivity contribution in [3.05, 3.63) is 59.7 Å². The highest BCUT2D eigenvalue weighted by molar-refractivity contribution is 5.96. The van der Waals surface area contributed by atoms with Crippen molar-refractivity contribution in [2.75, 3.05) is 18.5 Å². The molecule has 1 aliphatic rings. The van der Waals surface area contributed by atoms with Crippen LogP contribution in [0.2, 0.25) is 0 Å². The van der Waals surface area contributed by atoms with Gasteiger partial charge in [0, 0.05) is 17.2 Å². The molecule has 0 atom stereocenters. The topological polar surface area (TPSA) is 67.4 Å². The fourth-order valence-electron chi connectivity index (χ4n) is 2.47. The smallest absolute Gasteiger partial charge is 0.416 e. The van der Waals surface area contributed by atoms with E-state index in [4.69, 9.17) is 4.74 Å². The lowest BCUT2D eigenvalue weighted by atomic mass is 10.2. The van der Waals surface area contributed by atoms with Crippen LogP contribution in [0.4, 0.5) is 18.9 Å². The number of nitrogens with one attached hydrogen (secondary N) is 2. The van der Waals surface area contributed by atoms with Gasteiger partial charge in [0.2, 0.25) is 5.91 Å². The van der Waals surface area contributed by atoms with Crippen LogP contribution in [-0.2, 0) is 11.0 Å². The summed E-state index contributed by atoms with van der Waals surface area (Å²) in [5.74, 6) is 0.0827. The van der Waals surface area contributed by atoms with Gasteiger partial charge in [0.25, 0.3) is 5.91 Å². The number of benzene rings is 2. The first kappa shape index (κ1) is 19.7. The maximum absolute atomic E-state index is 12.5. The number of hydrogen-bond donors (Lipinski definition) is 2. The van der Waals surface area contributed by atoms with E-state index < -0.39 is 11.7 Å². The molecule has 0 heterocycles. The predicted molar refractivity (Wildman–Crippen MR) is 97.1 cm³/mol. The molecule has 5 nitrogen and oxygen atoms in total. The number of halogens is 3. The molecule has 28 heavy (non-hydrogen) atoms. The average Bonchev–Trinajstić information content (AvgIpc) is 3.51. The second-order valence-electron chi connectivity index (χ2n) is 6.47. The molecule has 3 rings (SSSR count). The molecule has 2 aromatic carbocycles. The number of carbonyl (C=O) groups excluding carboxylic acids is 2. The van der Waals surface area contributed by atoms with Gasteiger partial charge in [0.05, 0.1) is 12.1 Å². The van der Waals surface area contributed by atoms with Crippen LogP contribution in [0.3, 0.4) is 0 Å². The molecule has 0 aromatic heterocycles. The van der Waals surface area contributed by atoms with Crippen LogP contribution >= 0.6 is 0 Å². The monoisotopic (exact) mass is 392 g/mol. The van der Waals surface area contributed by atoms with E-state index in [1.54, 1.807) is 24.3 Å². The average molecular weight is 392 g/mol. The normalized spacial score (nSPS) is 13.7. The molecule has 2 N–H and O–H groups in total. The Balaban J connectivity index is 1.40. The van der Waals surface area contributed by atoms with Gasteiger partial charge in [-0.3, -0.25) is 9.59 Å². The number of rotatable bonds is 7. The van der Waals surface area contributed by atoms with E-state index in [-0.39, 0.29) is 36.6 Å². The second kappa shape index (κ2) is 8.33. The van der Waals surface area contributed by atoms with Crippen LogP contribution in [0.1, 0.15) is 28.8 Å². The summed E-state index contributed by atoms with van der Waals surface area (Å²) in [6.07, 6.45) is -2.55. The Kier molecular flexibility index (Phi) is 5.87. The van der Waals surface area contributed by atoms with E-state index >= 15 is 0 Å². The zero-order valence-electron chi connectivity index (χ0n) is 14.9. The molecule has 0 radical (unpaired) electrons. The SMILES string of the molecule is O=C(NCCOc1ccc(C(F)(F)F)cc1)c1ccc(NC(=O)C2CC2)cc1. The van der Waals surface area contributed by atoms with Crippen molar-refractivity contribution < 1.29 is 27.5 Å². The molecule has 1 fully saturated rings. The van der Waals surface area contributed by atoms with Gasteiger partial charge in [0.15, 0.2) is 0 Å². The van der Waals surface area contributed by atoms with Crippen LogP contribution in [0.25, 0.3) is 0 Å². The molecule has 148 valence electrons. The lowest BCUT2D eigenvalue weighted by Crippen LogP contribution is -2.28. The van der Waals surface area contributed by atoms with Crippen molar-refractivity contribution in [3.8, 4) is 5.75 Å². The molecule has 1 saturated carbocycles. The summed E-state index contributed by atoms with van der Waals surface area (Å²) in [6, 6.07) is 10.9. The number of carbonyl (C=O) groups is 2. The second-order valence-corrected chi connectivity index (χ2v) is 6.47. The Morgan fingerprint density at radius 3 is 2.21 bits per heavy atom. The highest BCUT2D eigenvalue weighted by Gasteiger charge is 2.30. The summed E-state index contributed by atoms with van der Waals surface area (Å²) in [5, 5.41) is 5.45. The summed E-state index contributed by atoms with van der Waals surface area (Å²) in [5.41, 5.74) is 0.322. The standard InChI is InChI=1S/C20H19F3N2O3/c21-20(22,23)15-5-9-17(10-6-15)28-12-11-24-18(26)13-3-7-16(8-4-13)25-19(27)14-1-2-14/h3-10,14H,1-2,11-12H2,(H,24,26)(H,25,27). The quantitative estimate of drug-likeness (QED) is 0.703. The zero-order valence-corrected chi connectivity index (χ0v) is 14.9. The highest BCUT2D eigenvalue weighted by atomic mass is 19.4. The minimum absolute atomic E-state index is 0.00221. The van der Waals surface area contributed by atoms with Crippen LogP contribution in [-0.4, -0.2) is 25.0 Å². The summed E-state index contributed by atoms with van der Waals surface area (Å²) in [7, 11) is 0. The summed E-state index contributed by atoms with van der Waals surface area (Å²) < 4.78 is 42.8. The third kappa shape index (κ3) is 5.48. The first-order valence-electron chi connectivity index (χ1n) is 8.82. The van der Waals surface area contributed by atoms with Gasteiger partial charge in [-0.15, -0.1) is 0 Å². The molecular formula is C20H19F3N2O3. The first-order chi connectivity index (χ1) is 13.3. The largest absolute Gasteiger partial charge is 0.492 e. The molecule has 0 saturated heterocycles. The summed E-state index contributed by atoms with van der Waals surface area (Å²) in [6.45, 7) is 0.312. The molecule has 2 aromatic rings. The van der Waals surface area contributed by atoms with Crippen LogP contribution in [0.15, 0.2) is 48.5 Å². The highest BCUT2D eigenvalue weighted by Crippen LogP contribution is 2.31. The van der Waals surface area contributed by atoms with Gasteiger partial charge >= 0.3 is 6.18 Å². The Bertz CT molecular complexity index is 829. The summed E-state index contributed by atoms with van der Waals surface area (Å²) >= 11 is 0. The maximum atomic E-state index is 12.5. The van der Waals surface area contributed by atoms with Crippen LogP contribution in [0, 0.1) is 5.92 Å². The maximum Gasteiger partial charge on any atom is 0.416 e. The van der Waals surface area contributed by atoms with Gasteiger partial charge in [-0.05, 0) is 61.4 Å². The Hall–Kier alpha value is -3.03. The van der Waals surface area contributed by atoms with E-state index in [9.17, 15) is 22.8 Å². The van der Waals surface area contributed by atoms with E-state index in [1.165, 1.54) is 12.1 Å². The van der Waals surface area contributed by atoms with Crippen molar-refractivity contribution in [1.29, 1.82) is 0 Å². The van der Waals surface area contributed by atoms with Crippen molar-refractivity contribution in [3.63, 3.8) is 0 Å². The first-order valence-corrected chi connectivity index (χ1v) is 8.82. The minimum atomic E-state index is -4.39. The van der Waals surface area contributed by atoms with Gasteiger partial charge < -0.3 is 15.4 Å². The van der Waals surface area contributed by atoms with Gasteiger partial charge in [0.1, 0.15) is 12.4 Å². The molecule has 0 bridgehead atoms. The Morgan fingerprint density at radius 1 is 1.00 bits per heavy atom. The van der Waals surface area contributed by atoms with Crippen molar-refractivity contribution in [2.45, 2.75) is 19.0 Å². The molecule has 0 spiro atoms. The lowest BCUT2D eigenvalue weighted by Gasteiger charge is -2.10. The number of amides is 2. The van der Waals surface area contributed by atoms with Crippen LogP contribution in [0.5, 0.6) is 5.75 Å². The number of alkyl halides is 3. The fourth-order valence-corrected chi connectivity index (χ4v) is 2.47. The molecule has 2 amide bonds.